The van der Waals surface area contributed by atoms with E-state index in [4.69, 9.17) is 4.42 Å². The molecule has 0 fully saturated rings. The highest BCUT2D eigenvalue weighted by atomic mass is 16.4. The minimum absolute atomic E-state index is 0.319. The van der Waals surface area contributed by atoms with Crippen LogP contribution < -0.4 is 5.63 Å². The van der Waals surface area contributed by atoms with Crippen molar-refractivity contribution in [1.82, 2.24) is 9.13 Å². The molecule has 0 saturated carbocycles. The van der Waals surface area contributed by atoms with Crippen molar-refractivity contribution in [1.29, 1.82) is 0 Å². The van der Waals surface area contributed by atoms with Gasteiger partial charge in [0.2, 0.25) is 0 Å². The molecule has 0 aliphatic rings. The molecule has 0 atom stereocenters. The maximum Gasteiger partial charge on any atom is 0.344 e. The summed E-state index contributed by atoms with van der Waals surface area (Å²) >= 11 is 0. The number of para-hydroxylation sites is 3. The molecule has 0 radical (unpaired) electrons. The average Bonchev–Trinajstić information content (AvgIpc) is 3.64. The van der Waals surface area contributed by atoms with Gasteiger partial charge in [0.25, 0.3) is 0 Å². The molecule has 4 heteroatoms. The summed E-state index contributed by atoms with van der Waals surface area (Å²) in [6.45, 7) is 0. The largest absolute Gasteiger partial charge is 0.422 e. The van der Waals surface area contributed by atoms with E-state index in [1.807, 2.05) is 36.4 Å². The molecular formula is C43H26N2O2. The number of fused-ring (bicyclic) bond motifs is 10. The van der Waals surface area contributed by atoms with Crippen LogP contribution in [0.4, 0.5) is 0 Å². The van der Waals surface area contributed by atoms with Crippen LogP contribution >= 0.6 is 0 Å². The second-order valence-electron chi connectivity index (χ2n) is 12.1. The first-order valence-corrected chi connectivity index (χ1v) is 15.8. The molecule has 10 rings (SSSR count). The number of hydrogen-bond acceptors (Lipinski definition) is 2. The molecule has 0 amide bonds. The van der Waals surface area contributed by atoms with Gasteiger partial charge >= 0.3 is 5.63 Å². The summed E-state index contributed by atoms with van der Waals surface area (Å²) in [4.78, 5) is 12.9. The molecule has 3 aromatic heterocycles. The lowest BCUT2D eigenvalue weighted by molar-refractivity contribution is 0.570. The number of hydrogen-bond donors (Lipinski definition) is 0. The zero-order valence-corrected chi connectivity index (χ0v) is 25.2. The van der Waals surface area contributed by atoms with Gasteiger partial charge in [-0.15, -0.1) is 0 Å². The lowest BCUT2D eigenvalue weighted by Crippen LogP contribution is -2.01. The Balaban J connectivity index is 1.30. The number of benzene rings is 7. The maximum absolute atomic E-state index is 12.9. The van der Waals surface area contributed by atoms with Crippen molar-refractivity contribution in [2.75, 3.05) is 0 Å². The van der Waals surface area contributed by atoms with E-state index in [-0.39, 0.29) is 5.63 Å². The van der Waals surface area contributed by atoms with Gasteiger partial charge in [0.1, 0.15) is 5.58 Å². The van der Waals surface area contributed by atoms with E-state index in [1.165, 1.54) is 21.8 Å². The Morgan fingerprint density at radius 2 is 0.915 bits per heavy atom. The molecular weight excluding hydrogens is 576 g/mol. The summed E-state index contributed by atoms with van der Waals surface area (Å²) < 4.78 is 10.6. The summed E-state index contributed by atoms with van der Waals surface area (Å²) in [5, 5.41) is 7.14. The first-order chi connectivity index (χ1) is 23.2. The smallest absolute Gasteiger partial charge is 0.344 e. The Morgan fingerprint density at radius 3 is 1.62 bits per heavy atom. The van der Waals surface area contributed by atoms with Gasteiger partial charge in [0, 0.05) is 38.3 Å². The molecule has 0 unspecified atom stereocenters. The second-order valence-corrected chi connectivity index (χ2v) is 12.1. The molecule has 0 bridgehead atoms. The molecule has 10 aromatic rings. The first-order valence-electron chi connectivity index (χ1n) is 15.8. The standard InChI is InChI=1S/C43H26N2O2/c46-43-36-17-8-7-16-34(36)41-40(47-43)24-23-35-33-22-20-28(26-39(33)45(42(35)41)30-13-5-2-6-14-30)27-19-21-32-31-15-9-10-18-37(31)44(38(32)25-27)29-11-3-1-4-12-29/h1-26H. The normalized spacial score (nSPS) is 11.9. The summed E-state index contributed by atoms with van der Waals surface area (Å²) in [5.41, 5.74) is 9.21. The number of rotatable bonds is 3. The average molecular weight is 603 g/mol. The fraction of sp³-hybridized carbons (Fsp3) is 0. The Morgan fingerprint density at radius 1 is 0.404 bits per heavy atom. The molecule has 0 spiro atoms. The van der Waals surface area contributed by atoms with Crippen LogP contribution in [0.15, 0.2) is 167 Å². The molecule has 7 aromatic carbocycles. The third-order valence-electron chi connectivity index (χ3n) is 9.55. The molecule has 3 heterocycles. The van der Waals surface area contributed by atoms with Crippen LogP contribution in [0.1, 0.15) is 0 Å². The Bertz CT molecular complexity index is 2910. The zero-order chi connectivity index (χ0) is 31.1. The van der Waals surface area contributed by atoms with E-state index in [0.29, 0.717) is 11.0 Å². The predicted molar refractivity (Wildman–Crippen MR) is 194 cm³/mol. The molecule has 220 valence electrons. The van der Waals surface area contributed by atoms with E-state index in [9.17, 15) is 4.79 Å². The monoisotopic (exact) mass is 602 g/mol. The van der Waals surface area contributed by atoms with Crippen molar-refractivity contribution < 1.29 is 4.42 Å². The van der Waals surface area contributed by atoms with Crippen LogP contribution in [-0.4, -0.2) is 9.13 Å². The second kappa shape index (κ2) is 9.80. The van der Waals surface area contributed by atoms with Gasteiger partial charge in [-0.05, 0) is 71.8 Å². The molecule has 4 nitrogen and oxygen atoms in total. The summed E-state index contributed by atoms with van der Waals surface area (Å²) in [6, 6.07) is 55.0. The summed E-state index contributed by atoms with van der Waals surface area (Å²) in [5.74, 6) is 0. The highest BCUT2D eigenvalue weighted by Crippen LogP contribution is 2.41. The minimum Gasteiger partial charge on any atom is -0.422 e. The fourth-order valence-electron chi connectivity index (χ4n) is 7.50. The van der Waals surface area contributed by atoms with Crippen molar-refractivity contribution in [2.24, 2.45) is 0 Å². The maximum atomic E-state index is 12.9. The van der Waals surface area contributed by atoms with Crippen molar-refractivity contribution in [3.63, 3.8) is 0 Å². The molecule has 0 aliphatic carbocycles. The van der Waals surface area contributed by atoms with Crippen LogP contribution in [0.2, 0.25) is 0 Å². The molecule has 0 aliphatic heterocycles. The van der Waals surface area contributed by atoms with Gasteiger partial charge < -0.3 is 13.6 Å². The Labute approximate surface area is 268 Å². The van der Waals surface area contributed by atoms with Gasteiger partial charge in [0.15, 0.2) is 0 Å². The topological polar surface area (TPSA) is 40.1 Å². The van der Waals surface area contributed by atoms with E-state index < -0.39 is 0 Å². The van der Waals surface area contributed by atoms with Gasteiger partial charge in [0.05, 0.1) is 32.8 Å². The van der Waals surface area contributed by atoms with E-state index >= 15 is 0 Å². The van der Waals surface area contributed by atoms with Crippen LogP contribution in [0.5, 0.6) is 0 Å². The fourth-order valence-corrected chi connectivity index (χ4v) is 7.50. The van der Waals surface area contributed by atoms with Gasteiger partial charge in [-0.3, -0.25) is 0 Å². The van der Waals surface area contributed by atoms with E-state index in [1.54, 1.807) is 0 Å². The van der Waals surface area contributed by atoms with Crippen LogP contribution in [0.25, 0.3) is 87.9 Å². The Kier molecular flexibility index (Phi) is 5.40. The van der Waals surface area contributed by atoms with Crippen molar-refractivity contribution >= 4 is 65.4 Å². The predicted octanol–water partition coefficient (Wildman–Crippen LogP) is 10.8. The SMILES string of the molecule is O=c1oc2ccc3c4ccc(-c5ccc6c7ccccc7n(-c7ccccc7)c6c5)cc4n(-c4ccccc4)c3c2c2ccccc12. The lowest BCUT2D eigenvalue weighted by Gasteiger charge is -2.12. The first kappa shape index (κ1) is 25.9. The molecule has 0 saturated heterocycles. The van der Waals surface area contributed by atoms with Crippen molar-refractivity contribution in [3.05, 3.63) is 168 Å². The minimum atomic E-state index is -0.319. The highest BCUT2D eigenvalue weighted by molar-refractivity contribution is 6.24. The number of aromatic nitrogens is 2. The van der Waals surface area contributed by atoms with Crippen LogP contribution in [0.3, 0.4) is 0 Å². The molecule has 0 N–H and O–H groups in total. The van der Waals surface area contributed by atoms with E-state index in [2.05, 4.69) is 130 Å². The van der Waals surface area contributed by atoms with Gasteiger partial charge in [-0.1, -0.05) is 97.1 Å². The summed E-state index contributed by atoms with van der Waals surface area (Å²) in [6.07, 6.45) is 0. The highest BCUT2D eigenvalue weighted by Gasteiger charge is 2.20. The van der Waals surface area contributed by atoms with Gasteiger partial charge in [-0.25, -0.2) is 4.79 Å². The van der Waals surface area contributed by atoms with E-state index in [0.717, 1.165) is 55.1 Å². The number of nitrogens with zero attached hydrogens (tertiary/aromatic N) is 2. The quantitative estimate of drug-likeness (QED) is 0.149. The van der Waals surface area contributed by atoms with Crippen LogP contribution in [-0.2, 0) is 0 Å². The van der Waals surface area contributed by atoms with Crippen molar-refractivity contribution in [2.45, 2.75) is 0 Å². The molecule has 47 heavy (non-hydrogen) atoms. The van der Waals surface area contributed by atoms with Crippen molar-refractivity contribution in [3.8, 4) is 22.5 Å². The third-order valence-corrected chi connectivity index (χ3v) is 9.55. The zero-order valence-electron chi connectivity index (χ0n) is 25.2. The lowest BCUT2D eigenvalue weighted by atomic mass is 10.0. The Hall–Kier alpha value is -6.39. The summed E-state index contributed by atoms with van der Waals surface area (Å²) in [7, 11) is 0. The van der Waals surface area contributed by atoms with Gasteiger partial charge in [-0.2, -0.15) is 0 Å². The van der Waals surface area contributed by atoms with Crippen LogP contribution in [0, 0.1) is 0 Å². The third kappa shape index (κ3) is 3.73.